The number of piperidine rings is 1. The molecule has 2 aliphatic rings. The van der Waals surface area contributed by atoms with Gasteiger partial charge in [-0.05, 0) is 25.7 Å². The Bertz CT molecular complexity index is 334. The van der Waals surface area contributed by atoms with Crippen molar-refractivity contribution in [3.8, 4) is 0 Å². The second-order valence-electron chi connectivity index (χ2n) is 5.88. The molecule has 0 unspecified atom stereocenters. The first-order valence-electron chi connectivity index (χ1n) is 6.94. The van der Waals surface area contributed by atoms with Crippen LogP contribution in [0.25, 0.3) is 0 Å². The number of likely N-dealkylation sites (tertiary alicyclic amines) is 1. The Morgan fingerprint density at radius 3 is 2.50 bits per heavy atom. The molecule has 102 valence electrons. The minimum atomic E-state index is -0.183. The molecule has 1 aliphatic carbocycles. The van der Waals surface area contributed by atoms with E-state index in [9.17, 15) is 9.59 Å². The van der Waals surface area contributed by atoms with Crippen LogP contribution < -0.4 is 0 Å². The predicted octanol–water partition coefficient (Wildman–Crippen LogP) is 1.98. The second-order valence-corrected chi connectivity index (χ2v) is 5.88. The van der Waals surface area contributed by atoms with Gasteiger partial charge in [0, 0.05) is 18.5 Å². The average molecular weight is 253 g/mol. The minimum Gasteiger partial charge on any atom is -0.469 e. The van der Waals surface area contributed by atoms with Crippen LogP contribution in [0.3, 0.4) is 0 Å². The van der Waals surface area contributed by atoms with Crippen LogP contribution in [0.5, 0.6) is 0 Å². The van der Waals surface area contributed by atoms with Gasteiger partial charge in [-0.25, -0.2) is 0 Å². The molecule has 2 fully saturated rings. The lowest BCUT2D eigenvalue weighted by atomic mass is 9.85. The van der Waals surface area contributed by atoms with Crippen LogP contribution in [0.1, 0.15) is 45.4 Å². The summed E-state index contributed by atoms with van der Waals surface area (Å²) in [6, 6.07) is 0. The topological polar surface area (TPSA) is 46.6 Å². The molecule has 0 N–H and O–H groups in total. The molecule has 0 aromatic rings. The van der Waals surface area contributed by atoms with Gasteiger partial charge in [-0.2, -0.15) is 0 Å². The highest BCUT2D eigenvalue weighted by molar-refractivity contribution is 5.83. The summed E-state index contributed by atoms with van der Waals surface area (Å²) in [4.78, 5) is 26.0. The second kappa shape index (κ2) is 5.29. The third kappa shape index (κ3) is 2.52. The number of hydrogen-bond acceptors (Lipinski definition) is 3. The normalized spacial score (nSPS) is 27.0. The third-order valence-electron chi connectivity index (χ3n) is 4.47. The van der Waals surface area contributed by atoms with E-state index in [0.717, 1.165) is 45.1 Å². The lowest BCUT2D eigenvalue weighted by Gasteiger charge is -2.36. The summed E-state index contributed by atoms with van der Waals surface area (Å²) in [5, 5.41) is 0. The largest absolute Gasteiger partial charge is 0.469 e. The van der Waals surface area contributed by atoms with Crippen molar-refractivity contribution in [2.45, 2.75) is 45.4 Å². The molecule has 0 spiro atoms. The van der Waals surface area contributed by atoms with E-state index in [4.69, 9.17) is 4.74 Å². The first kappa shape index (κ1) is 13.4. The van der Waals surface area contributed by atoms with Gasteiger partial charge < -0.3 is 9.64 Å². The van der Waals surface area contributed by atoms with Gasteiger partial charge >= 0.3 is 5.97 Å². The first-order valence-corrected chi connectivity index (χ1v) is 6.94. The fourth-order valence-electron chi connectivity index (χ4n) is 3.27. The van der Waals surface area contributed by atoms with Crippen LogP contribution in [0.15, 0.2) is 0 Å². The van der Waals surface area contributed by atoms with Gasteiger partial charge in [0.25, 0.3) is 0 Å². The molecule has 1 saturated heterocycles. The molecule has 0 radical (unpaired) electrons. The maximum absolute atomic E-state index is 12.6. The predicted molar refractivity (Wildman–Crippen MR) is 67.9 cm³/mol. The van der Waals surface area contributed by atoms with E-state index in [2.05, 4.69) is 6.92 Å². The summed E-state index contributed by atoms with van der Waals surface area (Å²) in [6.45, 7) is 3.41. The molecule has 1 saturated carbocycles. The Kier molecular flexibility index (Phi) is 3.93. The molecule has 2 rings (SSSR count). The first-order chi connectivity index (χ1) is 8.57. The highest BCUT2D eigenvalue weighted by Crippen LogP contribution is 2.39. The zero-order valence-electron chi connectivity index (χ0n) is 11.4. The van der Waals surface area contributed by atoms with Crippen molar-refractivity contribution in [2.75, 3.05) is 20.2 Å². The van der Waals surface area contributed by atoms with Crippen molar-refractivity contribution in [1.82, 2.24) is 4.90 Å². The van der Waals surface area contributed by atoms with Crippen molar-refractivity contribution in [2.24, 2.45) is 11.3 Å². The fourth-order valence-corrected chi connectivity index (χ4v) is 3.27. The summed E-state index contributed by atoms with van der Waals surface area (Å²) < 4.78 is 4.79. The maximum atomic E-state index is 12.6. The summed E-state index contributed by atoms with van der Waals surface area (Å²) in [6.07, 6.45) is 6.03. The SMILES string of the molecule is COC(=O)[C@H]1CCCN(C(=O)C2(C)CCCC2)C1. The molecule has 1 atom stereocenters. The van der Waals surface area contributed by atoms with Gasteiger partial charge in [-0.15, -0.1) is 0 Å². The summed E-state index contributed by atoms with van der Waals surface area (Å²) in [7, 11) is 1.42. The van der Waals surface area contributed by atoms with Gasteiger partial charge in [-0.1, -0.05) is 19.8 Å². The average Bonchev–Trinajstić information content (AvgIpc) is 2.85. The number of rotatable bonds is 2. The van der Waals surface area contributed by atoms with E-state index in [1.165, 1.54) is 7.11 Å². The van der Waals surface area contributed by atoms with Gasteiger partial charge in [0.15, 0.2) is 0 Å². The Morgan fingerprint density at radius 1 is 1.22 bits per heavy atom. The smallest absolute Gasteiger partial charge is 0.310 e. The van der Waals surface area contributed by atoms with Gasteiger partial charge in [0.1, 0.15) is 0 Å². The molecule has 4 heteroatoms. The van der Waals surface area contributed by atoms with E-state index in [1.807, 2.05) is 4.90 Å². The maximum Gasteiger partial charge on any atom is 0.310 e. The Balaban J connectivity index is 2.00. The standard InChI is InChI=1S/C14H23NO3/c1-14(7-3-4-8-14)13(17)15-9-5-6-11(10-15)12(16)18-2/h11H,3-10H2,1-2H3/t11-/m0/s1. The van der Waals surface area contributed by atoms with Crippen molar-refractivity contribution in [3.05, 3.63) is 0 Å². The lowest BCUT2D eigenvalue weighted by molar-refractivity contribution is -0.151. The van der Waals surface area contributed by atoms with Crippen LogP contribution >= 0.6 is 0 Å². The zero-order chi connectivity index (χ0) is 13.2. The van der Waals surface area contributed by atoms with E-state index < -0.39 is 0 Å². The van der Waals surface area contributed by atoms with Crippen molar-refractivity contribution in [3.63, 3.8) is 0 Å². The number of carbonyl (C=O) groups is 2. The molecule has 18 heavy (non-hydrogen) atoms. The van der Waals surface area contributed by atoms with Gasteiger partial charge in [-0.3, -0.25) is 9.59 Å². The lowest BCUT2D eigenvalue weighted by Crippen LogP contribution is -2.47. The quantitative estimate of drug-likeness (QED) is 0.707. The highest BCUT2D eigenvalue weighted by Gasteiger charge is 2.41. The number of hydrogen-bond donors (Lipinski definition) is 0. The van der Waals surface area contributed by atoms with Crippen LogP contribution in [0.4, 0.5) is 0 Å². The Labute approximate surface area is 109 Å². The number of methoxy groups -OCH3 is 1. The molecular formula is C14H23NO3. The summed E-state index contributed by atoms with van der Waals surface area (Å²) >= 11 is 0. The molecule has 1 aliphatic heterocycles. The summed E-state index contributed by atoms with van der Waals surface area (Å²) in [5.74, 6) is -0.0598. The van der Waals surface area contributed by atoms with Crippen molar-refractivity contribution < 1.29 is 14.3 Å². The molecule has 0 aromatic heterocycles. The molecule has 0 aromatic carbocycles. The number of esters is 1. The van der Waals surface area contributed by atoms with Crippen LogP contribution in [0.2, 0.25) is 0 Å². The van der Waals surface area contributed by atoms with Crippen LogP contribution in [0, 0.1) is 11.3 Å². The number of ether oxygens (including phenoxy) is 1. The van der Waals surface area contributed by atoms with E-state index in [1.54, 1.807) is 0 Å². The van der Waals surface area contributed by atoms with Gasteiger partial charge in [0.05, 0.1) is 13.0 Å². The fraction of sp³-hybridized carbons (Fsp3) is 0.857. The number of nitrogens with zero attached hydrogens (tertiary/aromatic N) is 1. The molecular weight excluding hydrogens is 230 g/mol. The number of carbonyl (C=O) groups excluding carboxylic acids is 2. The van der Waals surface area contributed by atoms with Crippen molar-refractivity contribution >= 4 is 11.9 Å². The molecule has 1 amide bonds. The molecule has 0 bridgehead atoms. The Morgan fingerprint density at radius 2 is 1.89 bits per heavy atom. The van der Waals surface area contributed by atoms with Crippen LogP contribution in [-0.4, -0.2) is 37.0 Å². The van der Waals surface area contributed by atoms with E-state index >= 15 is 0 Å². The third-order valence-corrected chi connectivity index (χ3v) is 4.47. The molecule has 4 nitrogen and oxygen atoms in total. The van der Waals surface area contributed by atoms with Crippen LogP contribution in [-0.2, 0) is 14.3 Å². The monoisotopic (exact) mass is 253 g/mol. The highest BCUT2D eigenvalue weighted by atomic mass is 16.5. The van der Waals surface area contributed by atoms with Gasteiger partial charge in [0.2, 0.25) is 5.91 Å². The Hall–Kier alpha value is -1.06. The number of amides is 1. The summed E-state index contributed by atoms with van der Waals surface area (Å²) in [5.41, 5.74) is -0.183. The van der Waals surface area contributed by atoms with E-state index in [-0.39, 0.29) is 23.2 Å². The minimum absolute atomic E-state index is 0.127. The molecule has 1 heterocycles. The zero-order valence-corrected chi connectivity index (χ0v) is 11.4. The van der Waals surface area contributed by atoms with E-state index in [0.29, 0.717) is 6.54 Å². The van der Waals surface area contributed by atoms with Crippen molar-refractivity contribution in [1.29, 1.82) is 0 Å².